The maximum atomic E-state index is 13.3. The number of hydrogen-bond donors (Lipinski definition) is 0. The van der Waals surface area contributed by atoms with Gasteiger partial charge in [-0.3, -0.25) is 9.59 Å². The van der Waals surface area contributed by atoms with Crippen LogP contribution >= 0.6 is 15.9 Å². The molecule has 2 aromatic carbocycles. The van der Waals surface area contributed by atoms with Gasteiger partial charge in [-0.05, 0) is 29.3 Å². The Labute approximate surface area is 167 Å². The summed E-state index contributed by atoms with van der Waals surface area (Å²) in [4.78, 5) is 28.2. The number of nitrogens with zero attached hydrogens (tertiary/aromatic N) is 1. The third-order valence-corrected chi connectivity index (χ3v) is 6.15. The van der Waals surface area contributed by atoms with E-state index in [4.69, 9.17) is 4.74 Å². The molecule has 2 aliphatic rings. The first-order valence-electron chi connectivity index (χ1n) is 9.01. The molecule has 5 heteroatoms. The highest BCUT2D eigenvalue weighted by molar-refractivity contribution is 9.10. The Morgan fingerprint density at radius 3 is 2.37 bits per heavy atom. The minimum Gasteiger partial charge on any atom is -0.468 e. The molecule has 0 saturated heterocycles. The summed E-state index contributed by atoms with van der Waals surface area (Å²) in [5.41, 5.74) is 1.39. The topological polar surface area (TPSA) is 46.6 Å². The van der Waals surface area contributed by atoms with Gasteiger partial charge in [0.2, 0.25) is 5.91 Å². The first kappa shape index (κ1) is 18.2. The predicted molar refractivity (Wildman–Crippen MR) is 108 cm³/mol. The standard InChI is InChI=1S/C22H22BrNO3/c1-21(2,3)19(25)24-16-11-10-14(23)12-15(16)17-18(24)22(17,20(26)27-4)13-8-6-5-7-9-13/h5-12,17-18H,1-4H3/t17-,18+,22+/m1/s1. The second-order valence-corrected chi connectivity index (χ2v) is 9.19. The molecule has 1 saturated carbocycles. The highest BCUT2D eigenvalue weighted by Crippen LogP contribution is 2.70. The molecule has 0 spiro atoms. The minimum atomic E-state index is -0.856. The van der Waals surface area contributed by atoms with Gasteiger partial charge in [0.05, 0.1) is 13.2 Å². The molecular weight excluding hydrogens is 406 g/mol. The molecule has 0 unspecified atom stereocenters. The van der Waals surface area contributed by atoms with Crippen LogP contribution in [0, 0.1) is 5.41 Å². The van der Waals surface area contributed by atoms with Gasteiger partial charge in [0, 0.05) is 21.5 Å². The molecule has 2 aromatic rings. The molecular formula is C22H22BrNO3. The van der Waals surface area contributed by atoms with Gasteiger partial charge in [-0.1, -0.05) is 67.0 Å². The Morgan fingerprint density at radius 2 is 1.78 bits per heavy atom. The molecule has 1 fully saturated rings. The van der Waals surface area contributed by atoms with Crippen molar-refractivity contribution < 1.29 is 14.3 Å². The molecule has 1 amide bonds. The quantitative estimate of drug-likeness (QED) is 0.666. The Bertz CT molecular complexity index is 934. The molecule has 4 rings (SSSR count). The molecule has 3 atom stereocenters. The van der Waals surface area contributed by atoms with E-state index in [1.807, 2.05) is 74.2 Å². The predicted octanol–water partition coefficient (Wildman–Crippen LogP) is 4.42. The molecule has 27 heavy (non-hydrogen) atoms. The van der Waals surface area contributed by atoms with Crippen molar-refractivity contribution in [2.45, 2.75) is 38.1 Å². The maximum absolute atomic E-state index is 13.3. The number of hydrogen-bond acceptors (Lipinski definition) is 3. The van der Waals surface area contributed by atoms with Crippen molar-refractivity contribution in [3.8, 4) is 0 Å². The van der Waals surface area contributed by atoms with Gasteiger partial charge in [-0.2, -0.15) is 0 Å². The van der Waals surface area contributed by atoms with E-state index in [9.17, 15) is 9.59 Å². The largest absolute Gasteiger partial charge is 0.468 e. The zero-order valence-electron chi connectivity index (χ0n) is 15.8. The number of fused-ring (bicyclic) bond motifs is 3. The van der Waals surface area contributed by atoms with Gasteiger partial charge in [0.15, 0.2) is 0 Å². The van der Waals surface area contributed by atoms with E-state index in [0.717, 1.165) is 21.3 Å². The third kappa shape index (κ3) is 2.40. The van der Waals surface area contributed by atoms with Crippen LogP contribution in [0.15, 0.2) is 53.0 Å². The molecule has 1 aliphatic carbocycles. The Morgan fingerprint density at radius 1 is 1.11 bits per heavy atom. The van der Waals surface area contributed by atoms with Crippen LogP contribution in [-0.2, 0) is 19.7 Å². The average molecular weight is 428 g/mol. The van der Waals surface area contributed by atoms with Crippen LogP contribution in [0.3, 0.4) is 0 Å². The molecule has 1 aliphatic heterocycles. The highest BCUT2D eigenvalue weighted by Gasteiger charge is 2.78. The summed E-state index contributed by atoms with van der Waals surface area (Å²) in [5, 5.41) is 0. The fourth-order valence-electron chi connectivity index (χ4n) is 4.48. The van der Waals surface area contributed by atoms with Crippen LogP contribution in [0.25, 0.3) is 0 Å². The first-order chi connectivity index (χ1) is 12.7. The number of methoxy groups -OCH3 is 1. The first-order valence-corrected chi connectivity index (χ1v) is 9.81. The van der Waals surface area contributed by atoms with Gasteiger partial charge in [-0.25, -0.2) is 0 Å². The van der Waals surface area contributed by atoms with Crippen molar-refractivity contribution >= 4 is 33.5 Å². The number of halogens is 1. The second kappa shape index (κ2) is 5.93. The van der Waals surface area contributed by atoms with Crippen LogP contribution in [0.5, 0.6) is 0 Å². The fourth-order valence-corrected chi connectivity index (χ4v) is 4.86. The van der Waals surface area contributed by atoms with Gasteiger partial charge in [0.25, 0.3) is 0 Å². The van der Waals surface area contributed by atoms with E-state index >= 15 is 0 Å². The van der Waals surface area contributed by atoms with E-state index in [-0.39, 0.29) is 23.8 Å². The van der Waals surface area contributed by atoms with Crippen molar-refractivity contribution in [3.63, 3.8) is 0 Å². The second-order valence-electron chi connectivity index (χ2n) is 8.28. The minimum absolute atomic E-state index is 0.0141. The third-order valence-electron chi connectivity index (χ3n) is 5.66. The molecule has 4 nitrogen and oxygen atoms in total. The smallest absolute Gasteiger partial charge is 0.319 e. The van der Waals surface area contributed by atoms with E-state index < -0.39 is 10.8 Å². The number of esters is 1. The average Bonchev–Trinajstić information content (AvgIpc) is 3.21. The van der Waals surface area contributed by atoms with E-state index in [2.05, 4.69) is 15.9 Å². The number of carbonyl (C=O) groups excluding carboxylic acids is 2. The van der Waals surface area contributed by atoms with Crippen molar-refractivity contribution in [1.29, 1.82) is 0 Å². The van der Waals surface area contributed by atoms with Crippen molar-refractivity contribution in [1.82, 2.24) is 0 Å². The zero-order chi connectivity index (χ0) is 19.6. The molecule has 0 aromatic heterocycles. The van der Waals surface area contributed by atoms with Crippen LogP contribution in [0.1, 0.15) is 37.8 Å². The molecule has 1 heterocycles. The summed E-state index contributed by atoms with van der Waals surface area (Å²) in [6.45, 7) is 5.73. The van der Waals surface area contributed by atoms with Crippen molar-refractivity contribution in [2.24, 2.45) is 5.41 Å². The molecule has 0 radical (unpaired) electrons. The Hall–Kier alpha value is -2.14. The lowest BCUT2D eigenvalue weighted by atomic mass is 9.87. The van der Waals surface area contributed by atoms with Gasteiger partial charge in [0.1, 0.15) is 5.41 Å². The fraction of sp³-hybridized carbons (Fsp3) is 0.364. The molecule has 140 valence electrons. The van der Waals surface area contributed by atoms with E-state index in [1.165, 1.54) is 7.11 Å². The van der Waals surface area contributed by atoms with Gasteiger partial charge >= 0.3 is 5.97 Å². The van der Waals surface area contributed by atoms with Crippen LogP contribution in [0.2, 0.25) is 0 Å². The lowest BCUT2D eigenvalue weighted by Gasteiger charge is -2.32. The highest BCUT2D eigenvalue weighted by atomic mass is 79.9. The van der Waals surface area contributed by atoms with E-state index in [0.29, 0.717) is 0 Å². The number of ether oxygens (including phenoxy) is 1. The maximum Gasteiger partial charge on any atom is 0.319 e. The summed E-state index contributed by atoms with van der Waals surface area (Å²) in [6, 6.07) is 15.3. The molecule has 0 bridgehead atoms. The number of carbonyl (C=O) groups is 2. The van der Waals surface area contributed by atoms with Crippen molar-refractivity contribution in [3.05, 3.63) is 64.1 Å². The number of anilines is 1. The van der Waals surface area contributed by atoms with Gasteiger partial charge in [-0.15, -0.1) is 0 Å². The van der Waals surface area contributed by atoms with Crippen LogP contribution in [0.4, 0.5) is 5.69 Å². The Balaban J connectivity index is 1.94. The summed E-state index contributed by atoms with van der Waals surface area (Å²) < 4.78 is 6.17. The summed E-state index contributed by atoms with van der Waals surface area (Å²) in [6.07, 6.45) is 0. The Kier molecular flexibility index (Phi) is 4.00. The van der Waals surface area contributed by atoms with E-state index in [1.54, 1.807) is 0 Å². The van der Waals surface area contributed by atoms with Crippen LogP contribution < -0.4 is 4.90 Å². The zero-order valence-corrected chi connectivity index (χ0v) is 17.4. The normalized spacial score (nSPS) is 25.6. The summed E-state index contributed by atoms with van der Waals surface area (Å²) in [5.74, 6) is -0.382. The lowest BCUT2D eigenvalue weighted by Crippen LogP contribution is -2.45. The summed E-state index contributed by atoms with van der Waals surface area (Å²) in [7, 11) is 1.42. The number of benzene rings is 2. The SMILES string of the molecule is COC(=O)[C@@]1(c2ccccc2)[C@@H]2c3cc(Br)ccc3N(C(=O)C(C)(C)C)[C@@H]21. The van der Waals surface area contributed by atoms with Crippen molar-refractivity contribution in [2.75, 3.05) is 12.0 Å². The van der Waals surface area contributed by atoms with Gasteiger partial charge < -0.3 is 9.64 Å². The molecule has 0 N–H and O–H groups in total. The monoisotopic (exact) mass is 427 g/mol. The number of amides is 1. The number of rotatable bonds is 2. The van der Waals surface area contributed by atoms with Crippen LogP contribution in [-0.4, -0.2) is 25.0 Å². The summed E-state index contributed by atoms with van der Waals surface area (Å²) >= 11 is 3.54. The lowest BCUT2D eigenvalue weighted by molar-refractivity contribution is -0.144.